The topological polar surface area (TPSA) is 112 Å². The lowest BCUT2D eigenvalue weighted by Gasteiger charge is -2.48. The summed E-state index contributed by atoms with van der Waals surface area (Å²) in [6.07, 6.45) is 14.4. The van der Waals surface area contributed by atoms with Gasteiger partial charge in [0.15, 0.2) is 5.82 Å². The van der Waals surface area contributed by atoms with Gasteiger partial charge < -0.3 is 19.9 Å². The fourth-order valence-electron chi connectivity index (χ4n) is 6.36. The van der Waals surface area contributed by atoms with Crippen LogP contribution in [0.4, 0.5) is 0 Å². The van der Waals surface area contributed by atoms with E-state index in [9.17, 15) is 9.90 Å². The number of fused-ring (bicyclic) bond motifs is 1. The van der Waals surface area contributed by atoms with Crippen LogP contribution >= 0.6 is 0 Å². The lowest BCUT2D eigenvalue weighted by Crippen LogP contribution is -2.58. The third-order valence-corrected chi connectivity index (χ3v) is 8.84. The van der Waals surface area contributed by atoms with Crippen molar-refractivity contribution in [2.24, 2.45) is 16.9 Å². The number of carbonyl (C=O) groups excluding carboxylic acids is 1. The average Bonchev–Trinajstić information content (AvgIpc) is 3.51. The summed E-state index contributed by atoms with van der Waals surface area (Å²) in [5.74, 6) is 2.01. The standard InChI is InChI=1S/C29H40N6O4/c1-18(2)24-16-38-9-8-34(24)22-11-20(12-22)29(37)32-27-13-23-10-19(6-7-35(23)33-27)21-14-30-28(31-15-21)17-39-26-5-3-4-25(26)36/h6-7,10,14-15,18,20,22-26,36H,3-5,8-9,11-13,16-17H2,1-2H3,(H,32,33,37)/t20?,22?,23?,24-,25+,26+/m1/s1. The van der Waals surface area contributed by atoms with Gasteiger partial charge in [0.05, 0.1) is 31.5 Å². The molecule has 1 unspecified atom stereocenters. The highest BCUT2D eigenvalue weighted by Crippen LogP contribution is 2.35. The maximum atomic E-state index is 13.0. The van der Waals surface area contributed by atoms with Crippen molar-refractivity contribution in [3.63, 3.8) is 0 Å². The average molecular weight is 537 g/mol. The van der Waals surface area contributed by atoms with Gasteiger partial charge in [0.1, 0.15) is 12.4 Å². The van der Waals surface area contributed by atoms with Gasteiger partial charge >= 0.3 is 0 Å². The van der Waals surface area contributed by atoms with Crippen LogP contribution in [0.1, 0.15) is 63.8 Å². The van der Waals surface area contributed by atoms with Gasteiger partial charge in [0.2, 0.25) is 5.91 Å². The van der Waals surface area contributed by atoms with E-state index < -0.39 is 0 Å². The summed E-state index contributed by atoms with van der Waals surface area (Å²) in [5, 5.41) is 19.6. The number of amidine groups is 1. The molecule has 1 aromatic rings. The molecule has 0 radical (unpaired) electrons. The van der Waals surface area contributed by atoms with Gasteiger partial charge in [0, 0.05) is 55.1 Å². The summed E-state index contributed by atoms with van der Waals surface area (Å²) >= 11 is 0. The van der Waals surface area contributed by atoms with Crippen molar-refractivity contribution in [3.8, 4) is 0 Å². The molecule has 3 aliphatic heterocycles. The molecule has 2 aliphatic carbocycles. The first-order chi connectivity index (χ1) is 18.9. The Morgan fingerprint density at radius 3 is 2.82 bits per heavy atom. The largest absolute Gasteiger partial charge is 0.390 e. The molecule has 1 amide bonds. The molecule has 2 saturated carbocycles. The predicted octanol–water partition coefficient (Wildman–Crippen LogP) is 2.46. The number of rotatable bonds is 7. The van der Waals surface area contributed by atoms with E-state index in [-0.39, 0.29) is 30.1 Å². The number of nitrogens with zero attached hydrogens (tertiary/aromatic N) is 5. The molecule has 1 saturated heterocycles. The van der Waals surface area contributed by atoms with Crippen molar-refractivity contribution >= 4 is 17.3 Å². The first kappa shape index (κ1) is 26.6. The number of carbonyl (C=O) groups is 1. The number of hydrogen-bond acceptors (Lipinski definition) is 9. The minimum absolute atomic E-state index is 0.0456. The van der Waals surface area contributed by atoms with Crippen LogP contribution in [-0.2, 0) is 20.9 Å². The summed E-state index contributed by atoms with van der Waals surface area (Å²) in [4.78, 5) is 24.5. The molecule has 4 heterocycles. The summed E-state index contributed by atoms with van der Waals surface area (Å²) in [7, 11) is 0. The molecular formula is C29H40N6O4. The smallest absolute Gasteiger partial charge is 0.228 e. The fraction of sp³-hybridized carbons (Fsp3) is 0.655. The number of amides is 1. The molecule has 0 bridgehead atoms. The summed E-state index contributed by atoms with van der Waals surface area (Å²) in [6.45, 7) is 7.33. The Morgan fingerprint density at radius 2 is 2.08 bits per heavy atom. The number of hydrazone groups is 1. The number of allylic oxidation sites excluding steroid dienone is 2. The van der Waals surface area contributed by atoms with E-state index in [1.807, 2.05) is 29.7 Å². The number of hydrogen-bond donors (Lipinski definition) is 2. The van der Waals surface area contributed by atoms with E-state index >= 15 is 0 Å². The zero-order valence-corrected chi connectivity index (χ0v) is 22.9. The third-order valence-electron chi connectivity index (χ3n) is 8.84. The van der Waals surface area contributed by atoms with Crippen molar-refractivity contribution in [1.29, 1.82) is 0 Å². The maximum Gasteiger partial charge on any atom is 0.228 e. The molecular weight excluding hydrogens is 496 g/mol. The zero-order chi connectivity index (χ0) is 26.9. The Bertz CT molecular complexity index is 1130. The SMILES string of the molecule is CC(C)[C@H]1COCCN1C1CC(C(=O)NC2=NN3C=CC(c4cnc(CO[C@H]5CCC[C@@H]5O)nc4)=CC3C2)C1. The highest BCUT2D eigenvalue weighted by molar-refractivity contribution is 6.00. The molecule has 4 atom stereocenters. The molecule has 3 fully saturated rings. The number of morpholine rings is 1. The predicted molar refractivity (Wildman–Crippen MR) is 146 cm³/mol. The minimum atomic E-state index is -0.383. The fourth-order valence-corrected chi connectivity index (χ4v) is 6.36. The second-order valence-corrected chi connectivity index (χ2v) is 11.8. The van der Waals surface area contributed by atoms with Gasteiger partial charge in [0.25, 0.3) is 0 Å². The number of nitrogens with one attached hydrogen (secondary N) is 1. The Hall–Kier alpha value is -2.66. The van der Waals surface area contributed by atoms with E-state index in [2.05, 4.69) is 45.2 Å². The minimum Gasteiger partial charge on any atom is -0.390 e. The van der Waals surface area contributed by atoms with E-state index in [0.717, 1.165) is 68.8 Å². The quantitative estimate of drug-likeness (QED) is 0.547. The second-order valence-electron chi connectivity index (χ2n) is 11.8. The van der Waals surface area contributed by atoms with Crippen molar-refractivity contribution in [3.05, 3.63) is 42.1 Å². The number of aliphatic hydroxyl groups excluding tert-OH is 1. The third kappa shape index (κ3) is 5.79. The van der Waals surface area contributed by atoms with Crippen LogP contribution in [0, 0.1) is 11.8 Å². The van der Waals surface area contributed by atoms with E-state index in [1.54, 1.807) is 0 Å². The van der Waals surface area contributed by atoms with Gasteiger partial charge in [-0.2, -0.15) is 5.10 Å². The molecule has 6 rings (SSSR count). The second kappa shape index (κ2) is 11.4. The monoisotopic (exact) mass is 536 g/mol. The molecule has 1 aromatic heterocycles. The van der Waals surface area contributed by atoms with E-state index in [4.69, 9.17) is 9.47 Å². The normalized spacial score (nSPS) is 32.6. The molecule has 39 heavy (non-hydrogen) atoms. The van der Waals surface area contributed by atoms with Crippen LogP contribution in [0.15, 0.2) is 35.8 Å². The first-order valence-corrected chi connectivity index (χ1v) is 14.5. The number of ether oxygens (including phenoxy) is 2. The summed E-state index contributed by atoms with van der Waals surface area (Å²) in [6, 6.07) is 0.967. The van der Waals surface area contributed by atoms with Crippen molar-refractivity contribution in [2.75, 3.05) is 19.8 Å². The Balaban J connectivity index is 0.984. The van der Waals surface area contributed by atoms with E-state index in [0.29, 0.717) is 36.9 Å². The van der Waals surface area contributed by atoms with Gasteiger partial charge in [-0.25, -0.2) is 9.97 Å². The number of aromatic nitrogens is 2. The molecule has 2 N–H and O–H groups in total. The summed E-state index contributed by atoms with van der Waals surface area (Å²) in [5.41, 5.74) is 1.96. The van der Waals surface area contributed by atoms with Crippen molar-refractivity contribution in [2.45, 2.75) is 89.3 Å². The van der Waals surface area contributed by atoms with Crippen LogP contribution in [0.2, 0.25) is 0 Å². The molecule has 0 aromatic carbocycles. The van der Waals surface area contributed by atoms with Crippen LogP contribution < -0.4 is 5.32 Å². The van der Waals surface area contributed by atoms with Gasteiger partial charge in [-0.05, 0) is 49.7 Å². The molecule has 10 nitrogen and oxygen atoms in total. The zero-order valence-electron chi connectivity index (χ0n) is 22.9. The Kier molecular flexibility index (Phi) is 7.79. The van der Waals surface area contributed by atoms with Crippen LogP contribution in [0.5, 0.6) is 0 Å². The lowest BCUT2D eigenvalue weighted by molar-refractivity contribution is -0.131. The van der Waals surface area contributed by atoms with Crippen LogP contribution in [-0.4, -0.2) is 86.8 Å². The highest BCUT2D eigenvalue weighted by Gasteiger charge is 2.42. The maximum absolute atomic E-state index is 13.0. The van der Waals surface area contributed by atoms with Gasteiger partial charge in [-0.3, -0.25) is 14.7 Å². The van der Waals surface area contributed by atoms with Gasteiger partial charge in [-0.15, -0.1) is 0 Å². The van der Waals surface area contributed by atoms with Crippen LogP contribution in [0.3, 0.4) is 0 Å². The number of aliphatic hydroxyl groups is 1. The van der Waals surface area contributed by atoms with Gasteiger partial charge in [-0.1, -0.05) is 19.9 Å². The van der Waals surface area contributed by atoms with E-state index in [1.165, 1.54) is 0 Å². The Labute approximate surface area is 230 Å². The molecule has 10 heteroatoms. The highest BCUT2D eigenvalue weighted by atomic mass is 16.5. The van der Waals surface area contributed by atoms with Crippen molar-refractivity contribution < 1.29 is 19.4 Å². The first-order valence-electron chi connectivity index (χ1n) is 14.5. The lowest BCUT2D eigenvalue weighted by atomic mass is 9.77. The molecule has 0 spiro atoms. The summed E-state index contributed by atoms with van der Waals surface area (Å²) < 4.78 is 11.5. The van der Waals surface area contributed by atoms with Crippen molar-refractivity contribution in [1.82, 2.24) is 25.2 Å². The molecule has 210 valence electrons. The Morgan fingerprint density at radius 1 is 1.26 bits per heavy atom. The molecule has 5 aliphatic rings. The van der Waals surface area contributed by atoms with Crippen LogP contribution in [0.25, 0.3) is 5.57 Å².